The van der Waals surface area contributed by atoms with Crippen LogP contribution in [0.4, 0.5) is 0 Å². The van der Waals surface area contributed by atoms with E-state index in [4.69, 9.17) is 9.29 Å². The standard InChI is InChI=1S/C11H22O4S/c1-2-3-9-15-11(12)8-6-4-5-7-10-16(13)14/h2-10H2,1H3,(H,13,14). The van der Waals surface area contributed by atoms with Gasteiger partial charge in [0, 0.05) is 12.2 Å². The van der Waals surface area contributed by atoms with Crippen LogP contribution >= 0.6 is 0 Å². The van der Waals surface area contributed by atoms with Crippen molar-refractivity contribution in [3.63, 3.8) is 0 Å². The molecule has 0 radical (unpaired) electrons. The second-order valence-electron chi connectivity index (χ2n) is 3.76. The van der Waals surface area contributed by atoms with Crippen molar-refractivity contribution in [2.75, 3.05) is 12.4 Å². The van der Waals surface area contributed by atoms with Gasteiger partial charge in [0.25, 0.3) is 0 Å². The van der Waals surface area contributed by atoms with Gasteiger partial charge in [0.05, 0.1) is 6.61 Å². The molecule has 1 atom stereocenters. The molecular weight excluding hydrogens is 228 g/mol. The SMILES string of the molecule is CCCCOC(=O)CCCCCCS(=O)O. The number of carbonyl (C=O) groups is 1. The van der Waals surface area contributed by atoms with Crippen LogP contribution in [0.5, 0.6) is 0 Å². The van der Waals surface area contributed by atoms with Crippen molar-refractivity contribution in [1.29, 1.82) is 0 Å². The first kappa shape index (κ1) is 15.6. The second kappa shape index (κ2) is 11.1. The molecule has 0 bridgehead atoms. The first-order valence-electron chi connectivity index (χ1n) is 5.90. The first-order chi connectivity index (χ1) is 7.66. The van der Waals surface area contributed by atoms with Crippen LogP contribution < -0.4 is 0 Å². The summed E-state index contributed by atoms with van der Waals surface area (Å²) < 4.78 is 23.8. The van der Waals surface area contributed by atoms with E-state index in [-0.39, 0.29) is 5.97 Å². The Balaban J connectivity index is 3.18. The minimum absolute atomic E-state index is 0.126. The van der Waals surface area contributed by atoms with Gasteiger partial charge in [-0.2, -0.15) is 0 Å². The highest BCUT2D eigenvalue weighted by atomic mass is 32.2. The third-order valence-corrected chi connectivity index (χ3v) is 2.85. The number of esters is 1. The maximum absolute atomic E-state index is 11.1. The third-order valence-electron chi connectivity index (χ3n) is 2.21. The Morgan fingerprint density at radius 2 is 1.88 bits per heavy atom. The van der Waals surface area contributed by atoms with Crippen LogP contribution in [0.2, 0.25) is 0 Å². The highest BCUT2D eigenvalue weighted by Crippen LogP contribution is 2.05. The summed E-state index contributed by atoms with van der Waals surface area (Å²) in [4.78, 5) is 11.1. The number of rotatable bonds is 10. The van der Waals surface area contributed by atoms with E-state index in [1.54, 1.807) is 0 Å². The second-order valence-corrected chi connectivity index (χ2v) is 4.82. The molecule has 0 aliphatic carbocycles. The van der Waals surface area contributed by atoms with Crippen molar-refractivity contribution < 1.29 is 18.3 Å². The Labute approximate surface area is 100 Å². The quantitative estimate of drug-likeness (QED) is 0.367. The van der Waals surface area contributed by atoms with Crippen molar-refractivity contribution in [2.45, 2.75) is 51.9 Å². The van der Waals surface area contributed by atoms with Gasteiger partial charge in [0.1, 0.15) is 0 Å². The van der Waals surface area contributed by atoms with Crippen LogP contribution in [0, 0.1) is 0 Å². The van der Waals surface area contributed by atoms with Crippen LogP contribution in [0.1, 0.15) is 51.9 Å². The van der Waals surface area contributed by atoms with Crippen LogP contribution in [0.3, 0.4) is 0 Å². The van der Waals surface area contributed by atoms with Crippen LogP contribution in [0.15, 0.2) is 0 Å². The van der Waals surface area contributed by atoms with E-state index in [2.05, 4.69) is 6.92 Å². The van der Waals surface area contributed by atoms with Gasteiger partial charge in [-0.25, -0.2) is 4.21 Å². The smallest absolute Gasteiger partial charge is 0.305 e. The molecule has 0 heterocycles. The van der Waals surface area contributed by atoms with E-state index in [1.165, 1.54) is 0 Å². The lowest BCUT2D eigenvalue weighted by atomic mass is 10.1. The molecule has 0 aliphatic heterocycles. The van der Waals surface area contributed by atoms with E-state index in [0.717, 1.165) is 38.5 Å². The van der Waals surface area contributed by atoms with E-state index in [1.807, 2.05) is 0 Å². The number of ether oxygens (including phenoxy) is 1. The Kier molecular flexibility index (Phi) is 10.8. The maximum Gasteiger partial charge on any atom is 0.305 e. The monoisotopic (exact) mass is 250 g/mol. The molecule has 0 aromatic carbocycles. The van der Waals surface area contributed by atoms with Crippen molar-refractivity contribution in [1.82, 2.24) is 0 Å². The third kappa shape index (κ3) is 11.7. The Morgan fingerprint density at radius 1 is 1.19 bits per heavy atom. The van der Waals surface area contributed by atoms with Gasteiger partial charge in [-0.1, -0.05) is 26.2 Å². The zero-order chi connectivity index (χ0) is 12.2. The summed E-state index contributed by atoms with van der Waals surface area (Å²) in [5.41, 5.74) is 0. The van der Waals surface area contributed by atoms with Gasteiger partial charge < -0.3 is 9.29 Å². The Bertz CT molecular complexity index is 206. The highest BCUT2D eigenvalue weighted by Gasteiger charge is 2.02. The molecule has 0 amide bonds. The number of unbranched alkanes of at least 4 members (excludes halogenated alkanes) is 4. The molecule has 0 fully saturated rings. The molecule has 0 spiro atoms. The van der Waals surface area contributed by atoms with Crippen molar-refractivity contribution in [2.24, 2.45) is 0 Å². The summed E-state index contributed by atoms with van der Waals surface area (Å²) in [6.45, 7) is 2.58. The summed E-state index contributed by atoms with van der Waals surface area (Å²) in [6.07, 6.45) is 5.79. The lowest BCUT2D eigenvalue weighted by molar-refractivity contribution is -0.143. The fourth-order valence-corrected chi connectivity index (χ4v) is 1.70. The minimum atomic E-state index is -1.68. The summed E-state index contributed by atoms with van der Waals surface area (Å²) in [5, 5.41) is 0. The minimum Gasteiger partial charge on any atom is -0.466 e. The maximum atomic E-state index is 11.1. The average molecular weight is 250 g/mol. The van der Waals surface area contributed by atoms with E-state index in [0.29, 0.717) is 18.8 Å². The van der Waals surface area contributed by atoms with E-state index in [9.17, 15) is 9.00 Å². The summed E-state index contributed by atoms with van der Waals surface area (Å²) in [7, 11) is 0. The molecule has 4 nitrogen and oxygen atoms in total. The molecule has 1 unspecified atom stereocenters. The highest BCUT2D eigenvalue weighted by molar-refractivity contribution is 7.79. The molecule has 0 saturated heterocycles. The van der Waals surface area contributed by atoms with E-state index >= 15 is 0 Å². The molecule has 0 aromatic heterocycles. The lowest BCUT2D eigenvalue weighted by Gasteiger charge is -2.03. The van der Waals surface area contributed by atoms with Gasteiger partial charge in [0.2, 0.25) is 0 Å². The van der Waals surface area contributed by atoms with Crippen molar-refractivity contribution >= 4 is 17.0 Å². The summed E-state index contributed by atoms with van der Waals surface area (Å²) in [5.74, 6) is 0.209. The molecule has 5 heteroatoms. The normalized spacial score (nSPS) is 12.4. The molecule has 0 aromatic rings. The molecule has 96 valence electrons. The average Bonchev–Trinajstić information content (AvgIpc) is 2.23. The van der Waals surface area contributed by atoms with Gasteiger partial charge in [-0.3, -0.25) is 4.79 Å². The number of hydrogen-bond acceptors (Lipinski definition) is 3. The lowest BCUT2D eigenvalue weighted by Crippen LogP contribution is -2.05. The molecule has 0 aliphatic rings. The number of hydrogen-bond donors (Lipinski definition) is 1. The first-order valence-corrected chi connectivity index (χ1v) is 7.17. The van der Waals surface area contributed by atoms with Crippen molar-refractivity contribution in [3.05, 3.63) is 0 Å². The Hall–Kier alpha value is -0.420. The van der Waals surface area contributed by atoms with Crippen LogP contribution in [-0.4, -0.2) is 27.1 Å². The van der Waals surface area contributed by atoms with Gasteiger partial charge in [0.15, 0.2) is 11.1 Å². The molecular formula is C11H22O4S. The number of carbonyl (C=O) groups excluding carboxylic acids is 1. The fourth-order valence-electron chi connectivity index (χ4n) is 1.25. The zero-order valence-corrected chi connectivity index (χ0v) is 10.8. The van der Waals surface area contributed by atoms with Gasteiger partial charge in [-0.05, 0) is 19.3 Å². The Morgan fingerprint density at radius 3 is 2.50 bits per heavy atom. The molecule has 16 heavy (non-hydrogen) atoms. The molecule has 0 rings (SSSR count). The topological polar surface area (TPSA) is 63.6 Å². The van der Waals surface area contributed by atoms with Crippen LogP contribution in [0.25, 0.3) is 0 Å². The predicted octanol–water partition coefficient (Wildman–Crippen LogP) is 2.50. The van der Waals surface area contributed by atoms with Crippen molar-refractivity contribution in [3.8, 4) is 0 Å². The summed E-state index contributed by atoms with van der Waals surface area (Å²) >= 11 is -1.68. The fraction of sp³-hybridized carbons (Fsp3) is 0.909. The van der Waals surface area contributed by atoms with Gasteiger partial charge >= 0.3 is 5.97 Å². The van der Waals surface area contributed by atoms with Gasteiger partial charge in [-0.15, -0.1) is 0 Å². The largest absolute Gasteiger partial charge is 0.466 e. The zero-order valence-electron chi connectivity index (χ0n) is 9.94. The summed E-state index contributed by atoms with van der Waals surface area (Å²) in [6, 6.07) is 0. The van der Waals surface area contributed by atoms with Crippen LogP contribution in [-0.2, 0) is 20.6 Å². The van der Waals surface area contributed by atoms with E-state index < -0.39 is 11.1 Å². The predicted molar refractivity (Wildman–Crippen MR) is 64.6 cm³/mol. The molecule has 1 N–H and O–H groups in total. The molecule has 0 saturated carbocycles.